The highest BCUT2D eigenvalue weighted by Gasteiger charge is 2.07. The average Bonchev–Trinajstić information content (AvgIpc) is 2.31. The second-order valence-electron chi connectivity index (χ2n) is 3.67. The maximum Gasteiger partial charge on any atom is 0.266 e. The predicted octanol–water partition coefficient (Wildman–Crippen LogP) is 0.962. The lowest BCUT2D eigenvalue weighted by atomic mass is 10.0. The molecule has 0 unspecified atom stereocenters. The Hall–Kier alpha value is -2.10. The van der Waals surface area contributed by atoms with E-state index in [1.54, 1.807) is 6.92 Å². The van der Waals surface area contributed by atoms with Gasteiger partial charge in [-0.2, -0.15) is 0 Å². The van der Waals surface area contributed by atoms with Gasteiger partial charge in [-0.05, 0) is 12.5 Å². The summed E-state index contributed by atoms with van der Waals surface area (Å²) in [6.07, 6.45) is 0.478. The molecule has 0 aliphatic carbocycles. The standard InChI is InChI=1S/C12H12N2O2/c1-8-10(12(16)14-13-11(8)15)7-9-5-3-2-4-6-9/h2-6H,7H2,1H3,(H,13,15)(H,14,16). The molecule has 0 fully saturated rings. The van der Waals surface area contributed by atoms with Gasteiger partial charge in [0.15, 0.2) is 0 Å². The highest BCUT2D eigenvalue weighted by atomic mass is 16.1. The van der Waals surface area contributed by atoms with E-state index in [0.717, 1.165) is 5.56 Å². The quantitative estimate of drug-likeness (QED) is 0.785. The van der Waals surface area contributed by atoms with Crippen LogP contribution < -0.4 is 11.1 Å². The molecule has 0 saturated heterocycles. The van der Waals surface area contributed by atoms with E-state index in [4.69, 9.17) is 0 Å². The molecule has 2 aromatic rings. The molecule has 2 N–H and O–H groups in total. The first kappa shape index (κ1) is 10.4. The zero-order valence-electron chi connectivity index (χ0n) is 8.91. The molecule has 1 aromatic heterocycles. The Morgan fingerprint density at radius 3 is 2.31 bits per heavy atom. The molecule has 16 heavy (non-hydrogen) atoms. The SMILES string of the molecule is Cc1c(Cc2ccccc2)c(=O)[nH][nH]c1=O. The minimum Gasteiger partial charge on any atom is -0.268 e. The lowest BCUT2D eigenvalue weighted by Gasteiger charge is -2.03. The molecule has 82 valence electrons. The van der Waals surface area contributed by atoms with Gasteiger partial charge in [-0.3, -0.25) is 19.8 Å². The van der Waals surface area contributed by atoms with Crippen molar-refractivity contribution in [3.8, 4) is 0 Å². The third kappa shape index (κ3) is 1.95. The van der Waals surface area contributed by atoms with Crippen molar-refractivity contribution in [3.63, 3.8) is 0 Å². The Balaban J connectivity index is 2.47. The van der Waals surface area contributed by atoms with Gasteiger partial charge < -0.3 is 0 Å². The van der Waals surface area contributed by atoms with Crippen molar-refractivity contribution in [2.75, 3.05) is 0 Å². The Bertz CT molecular complexity index is 596. The molecular formula is C12H12N2O2. The van der Waals surface area contributed by atoms with E-state index in [2.05, 4.69) is 10.2 Å². The molecule has 0 radical (unpaired) electrons. The van der Waals surface area contributed by atoms with E-state index in [-0.39, 0.29) is 11.1 Å². The molecule has 0 aliphatic rings. The number of aromatic nitrogens is 2. The number of nitrogens with one attached hydrogen (secondary N) is 2. The molecule has 2 rings (SSSR count). The molecule has 4 nitrogen and oxygen atoms in total. The van der Waals surface area contributed by atoms with Crippen LogP contribution in [0.4, 0.5) is 0 Å². The second-order valence-corrected chi connectivity index (χ2v) is 3.67. The zero-order chi connectivity index (χ0) is 11.5. The number of hydrogen-bond acceptors (Lipinski definition) is 2. The van der Waals surface area contributed by atoms with Crippen molar-refractivity contribution in [1.82, 2.24) is 10.2 Å². The average molecular weight is 216 g/mol. The van der Waals surface area contributed by atoms with Crippen LogP contribution in [-0.2, 0) is 6.42 Å². The van der Waals surface area contributed by atoms with Crippen LogP contribution in [0.2, 0.25) is 0 Å². The van der Waals surface area contributed by atoms with Gasteiger partial charge in [0.05, 0.1) is 0 Å². The van der Waals surface area contributed by atoms with Gasteiger partial charge in [-0.15, -0.1) is 0 Å². The van der Waals surface area contributed by atoms with E-state index in [0.29, 0.717) is 17.5 Å². The van der Waals surface area contributed by atoms with Crippen molar-refractivity contribution < 1.29 is 0 Å². The van der Waals surface area contributed by atoms with Gasteiger partial charge in [0.1, 0.15) is 0 Å². The fraction of sp³-hybridized carbons (Fsp3) is 0.167. The summed E-state index contributed by atoms with van der Waals surface area (Å²) < 4.78 is 0. The minimum absolute atomic E-state index is 0.235. The summed E-state index contributed by atoms with van der Waals surface area (Å²) in [7, 11) is 0. The summed E-state index contributed by atoms with van der Waals surface area (Å²) in [4.78, 5) is 22.9. The van der Waals surface area contributed by atoms with Gasteiger partial charge in [0.2, 0.25) is 0 Å². The normalized spacial score (nSPS) is 10.3. The Labute approximate surface area is 91.9 Å². The number of rotatable bonds is 2. The van der Waals surface area contributed by atoms with Crippen molar-refractivity contribution in [2.45, 2.75) is 13.3 Å². The van der Waals surface area contributed by atoms with Crippen LogP contribution in [0, 0.1) is 6.92 Å². The van der Waals surface area contributed by atoms with E-state index in [1.165, 1.54) is 0 Å². The molecule has 1 aromatic carbocycles. The molecule has 0 spiro atoms. The van der Waals surface area contributed by atoms with Crippen LogP contribution >= 0.6 is 0 Å². The number of aromatic amines is 2. The van der Waals surface area contributed by atoms with E-state index in [9.17, 15) is 9.59 Å². The van der Waals surface area contributed by atoms with Gasteiger partial charge >= 0.3 is 0 Å². The summed E-state index contributed by atoms with van der Waals surface area (Å²) in [5.74, 6) is 0. The van der Waals surface area contributed by atoms with Crippen molar-refractivity contribution in [1.29, 1.82) is 0 Å². The fourth-order valence-electron chi connectivity index (χ4n) is 1.60. The zero-order valence-corrected chi connectivity index (χ0v) is 8.91. The van der Waals surface area contributed by atoms with Crippen LogP contribution in [-0.4, -0.2) is 10.2 Å². The summed E-state index contributed by atoms with van der Waals surface area (Å²) in [6.45, 7) is 1.66. The summed E-state index contributed by atoms with van der Waals surface area (Å²) >= 11 is 0. The van der Waals surface area contributed by atoms with Crippen LogP contribution in [0.25, 0.3) is 0 Å². The Morgan fingerprint density at radius 1 is 1.00 bits per heavy atom. The molecule has 0 amide bonds. The smallest absolute Gasteiger partial charge is 0.266 e. The Kier molecular flexibility index (Phi) is 2.72. The highest BCUT2D eigenvalue weighted by molar-refractivity contribution is 5.28. The maximum absolute atomic E-state index is 11.6. The van der Waals surface area contributed by atoms with Gasteiger partial charge in [0, 0.05) is 17.5 Å². The summed E-state index contributed by atoms with van der Waals surface area (Å²) in [6, 6.07) is 9.59. The fourth-order valence-corrected chi connectivity index (χ4v) is 1.60. The first-order valence-electron chi connectivity index (χ1n) is 5.03. The molecule has 0 aliphatic heterocycles. The minimum atomic E-state index is -0.245. The van der Waals surface area contributed by atoms with Crippen LogP contribution in [0.5, 0.6) is 0 Å². The van der Waals surface area contributed by atoms with Gasteiger partial charge in [-0.1, -0.05) is 30.3 Å². The van der Waals surface area contributed by atoms with Crippen molar-refractivity contribution in [3.05, 3.63) is 67.7 Å². The van der Waals surface area contributed by atoms with Gasteiger partial charge in [-0.25, -0.2) is 0 Å². The van der Waals surface area contributed by atoms with E-state index < -0.39 is 0 Å². The van der Waals surface area contributed by atoms with Crippen LogP contribution in [0.15, 0.2) is 39.9 Å². The van der Waals surface area contributed by atoms with Crippen LogP contribution in [0.3, 0.4) is 0 Å². The number of hydrogen-bond donors (Lipinski definition) is 2. The maximum atomic E-state index is 11.6. The second kappa shape index (κ2) is 4.18. The van der Waals surface area contributed by atoms with Crippen molar-refractivity contribution >= 4 is 0 Å². The first-order chi connectivity index (χ1) is 7.68. The third-order valence-electron chi connectivity index (χ3n) is 2.58. The Morgan fingerprint density at radius 2 is 1.62 bits per heavy atom. The highest BCUT2D eigenvalue weighted by Crippen LogP contribution is 2.06. The number of benzene rings is 1. The lowest BCUT2D eigenvalue weighted by Crippen LogP contribution is -2.25. The van der Waals surface area contributed by atoms with Crippen LogP contribution in [0.1, 0.15) is 16.7 Å². The third-order valence-corrected chi connectivity index (χ3v) is 2.58. The molecule has 0 atom stereocenters. The monoisotopic (exact) mass is 216 g/mol. The predicted molar refractivity (Wildman–Crippen MR) is 61.7 cm³/mol. The number of H-pyrrole nitrogens is 2. The van der Waals surface area contributed by atoms with Gasteiger partial charge in [0.25, 0.3) is 11.1 Å². The molecule has 0 bridgehead atoms. The molecule has 4 heteroatoms. The van der Waals surface area contributed by atoms with Crippen molar-refractivity contribution in [2.24, 2.45) is 0 Å². The lowest BCUT2D eigenvalue weighted by molar-refractivity contribution is 0.896. The molecule has 0 saturated carbocycles. The first-order valence-corrected chi connectivity index (χ1v) is 5.03. The molecule has 1 heterocycles. The van der Waals surface area contributed by atoms with E-state index >= 15 is 0 Å². The van der Waals surface area contributed by atoms with E-state index in [1.807, 2.05) is 30.3 Å². The molecular weight excluding hydrogens is 204 g/mol. The largest absolute Gasteiger partial charge is 0.268 e. The summed E-state index contributed by atoms with van der Waals surface area (Å²) in [5, 5.41) is 4.64. The summed E-state index contributed by atoms with van der Waals surface area (Å²) in [5.41, 5.74) is 1.54. The topological polar surface area (TPSA) is 65.7 Å².